The van der Waals surface area contributed by atoms with Crippen LogP contribution in [0, 0.1) is 10.1 Å². The summed E-state index contributed by atoms with van der Waals surface area (Å²) in [4.78, 5) is 63.7. The predicted octanol–water partition coefficient (Wildman–Crippen LogP) is 0.881. The molecule has 1 saturated heterocycles. The highest BCUT2D eigenvalue weighted by Gasteiger charge is 2.38. The van der Waals surface area contributed by atoms with Crippen molar-refractivity contribution >= 4 is 40.9 Å². The fourth-order valence-corrected chi connectivity index (χ4v) is 3.49. The third-order valence-corrected chi connectivity index (χ3v) is 5.24. The average molecular weight is 423 g/mol. The number of non-ortho nitro benzene ring substituents is 1. The Morgan fingerprint density at radius 1 is 1.00 bits per heavy atom. The highest BCUT2D eigenvalue weighted by Crippen LogP contribution is 2.26. The first-order valence-corrected chi connectivity index (χ1v) is 9.63. The van der Waals surface area contributed by atoms with Crippen molar-refractivity contribution in [2.24, 2.45) is 0 Å². The molecule has 2 heterocycles. The number of imide groups is 1. The van der Waals surface area contributed by atoms with Crippen LogP contribution in [0.1, 0.15) is 33.6 Å². The number of carbonyl (C=O) groups is 4. The highest BCUT2D eigenvalue weighted by atomic mass is 35.5. The van der Waals surface area contributed by atoms with Crippen molar-refractivity contribution in [3.05, 3.63) is 39.4 Å². The number of fused-ring (bicyclic) bond motifs is 1. The molecule has 3 rings (SSSR count). The topological polar surface area (TPSA) is 121 Å². The monoisotopic (exact) mass is 422 g/mol. The van der Waals surface area contributed by atoms with E-state index in [9.17, 15) is 29.3 Å². The molecule has 0 saturated carbocycles. The summed E-state index contributed by atoms with van der Waals surface area (Å²) in [6, 6.07) is 3.42. The molecule has 0 spiro atoms. The fourth-order valence-electron chi connectivity index (χ4n) is 3.35. The zero-order chi connectivity index (χ0) is 21.1. The van der Waals surface area contributed by atoms with Gasteiger partial charge in [0, 0.05) is 50.6 Å². The maximum atomic E-state index is 12.6. The number of alkyl halides is 1. The maximum Gasteiger partial charge on any atom is 0.270 e. The van der Waals surface area contributed by atoms with Gasteiger partial charge in [-0.15, -0.1) is 11.6 Å². The second-order valence-electron chi connectivity index (χ2n) is 6.74. The van der Waals surface area contributed by atoms with Crippen molar-refractivity contribution in [3.8, 4) is 0 Å². The van der Waals surface area contributed by atoms with Crippen LogP contribution in [0.4, 0.5) is 5.69 Å². The van der Waals surface area contributed by atoms with Gasteiger partial charge in [-0.3, -0.25) is 34.2 Å². The lowest BCUT2D eigenvalue weighted by atomic mass is 10.1. The first kappa shape index (κ1) is 20.7. The first-order chi connectivity index (χ1) is 13.8. The van der Waals surface area contributed by atoms with E-state index in [1.54, 1.807) is 4.90 Å². The zero-order valence-electron chi connectivity index (χ0n) is 15.5. The van der Waals surface area contributed by atoms with Gasteiger partial charge in [-0.05, 0) is 12.5 Å². The van der Waals surface area contributed by atoms with E-state index in [1.807, 2.05) is 0 Å². The quantitative estimate of drug-likeness (QED) is 0.290. The van der Waals surface area contributed by atoms with Crippen LogP contribution < -0.4 is 0 Å². The lowest BCUT2D eigenvalue weighted by Crippen LogP contribution is -2.53. The first-order valence-electron chi connectivity index (χ1n) is 9.09. The second kappa shape index (κ2) is 8.56. The number of halogens is 1. The van der Waals surface area contributed by atoms with Crippen LogP contribution in [0.5, 0.6) is 0 Å². The van der Waals surface area contributed by atoms with E-state index >= 15 is 0 Å². The molecule has 1 aromatic rings. The molecule has 154 valence electrons. The summed E-state index contributed by atoms with van der Waals surface area (Å²) in [5, 5.41) is 10.9. The smallest absolute Gasteiger partial charge is 0.270 e. The number of amides is 4. The standard InChI is InChI=1S/C18H19ClN4O6/c19-5-1-2-15(24)20-6-8-21(9-7-20)16(25)11-22-17(26)13-4-3-12(23(28)29)10-14(13)18(22)27/h3-4,10H,1-2,5-9,11H2. The Hall–Kier alpha value is -3.01. The fraction of sp³-hybridized carbons (Fsp3) is 0.444. The van der Waals surface area contributed by atoms with Crippen LogP contribution in [0.2, 0.25) is 0 Å². The molecule has 4 amide bonds. The Bertz CT molecular complexity index is 881. The van der Waals surface area contributed by atoms with E-state index in [1.165, 1.54) is 11.0 Å². The molecule has 0 bridgehead atoms. The number of hydrogen-bond donors (Lipinski definition) is 0. The third-order valence-electron chi connectivity index (χ3n) is 4.97. The SMILES string of the molecule is O=C(CCCCl)N1CCN(C(=O)CN2C(=O)c3ccc([N+](=O)[O-])cc3C2=O)CC1. The van der Waals surface area contributed by atoms with Crippen molar-refractivity contribution in [2.75, 3.05) is 38.6 Å². The molecular formula is C18H19ClN4O6. The summed E-state index contributed by atoms with van der Waals surface area (Å²) in [6.45, 7) is 0.920. The van der Waals surface area contributed by atoms with Crippen molar-refractivity contribution in [3.63, 3.8) is 0 Å². The molecule has 0 radical (unpaired) electrons. The zero-order valence-corrected chi connectivity index (χ0v) is 16.3. The summed E-state index contributed by atoms with van der Waals surface area (Å²) < 4.78 is 0. The van der Waals surface area contributed by atoms with Crippen molar-refractivity contribution < 1.29 is 24.1 Å². The van der Waals surface area contributed by atoms with Gasteiger partial charge in [0.15, 0.2) is 0 Å². The number of nitro benzene ring substituents is 1. The normalized spacial score (nSPS) is 16.2. The van der Waals surface area contributed by atoms with Gasteiger partial charge in [0.05, 0.1) is 16.1 Å². The summed E-state index contributed by atoms with van der Waals surface area (Å²) in [5.41, 5.74) is -0.331. The van der Waals surface area contributed by atoms with E-state index in [0.29, 0.717) is 44.9 Å². The maximum absolute atomic E-state index is 12.6. The lowest BCUT2D eigenvalue weighted by molar-refractivity contribution is -0.384. The molecule has 11 heteroatoms. The number of hydrogen-bond acceptors (Lipinski definition) is 6. The number of nitrogens with zero attached hydrogens (tertiary/aromatic N) is 4. The van der Waals surface area contributed by atoms with Gasteiger partial charge in [-0.25, -0.2) is 0 Å². The number of nitro groups is 1. The third kappa shape index (κ3) is 4.21. The molecule has 1 aromatic carbocycles. The van der Waals surface area contributed by atoms with Gasteiger partial charge in [-0.2, -0.15) is 0 Å². The molecule has 0 aromatic heterocycles. The van der Waals surface area contributed by atoms with Gasteiger partial charge in [0.2, 0.25) is 11.8 Å². The number of rotatable bonds is 6. The molecule has 0 unspecified atom stereocenters. The average Bonchev–Trinajstić information content (AvgIpc) is 2.96. The molecule has 1 fully saturated rings. The van der Waals surface area contributed by atoms with Gasteiger partial charge >= 0.3 is 0 Å². The van der Waals surface area contributed by atoms with Crippen LogP contribution in [-0.2, 0) is 9.59 Å². The van der Waals surface area contributed by atoms with E-state index in [2.05, 4.69) is 0 Å². The number of carbonyl (C=O) groups excluding carboxylic acids is 4. The van der Waals surface area contributed by atoms with E-state index in [4.69, 9.17) is 11.6 Å². The van der Waals surface area contributed by atoms with Gasteiger partial charge in [-0.1, -0.05) is 0 Å². The Balaban J connectivity index is 1.60. The van der Waals surface area contributed by atoms with Crippen LogP contribution in [0.3, 0.4) is 0 Å². The molecule has 0 atom stereocenters. The van der Waals surface area contributed by atoms with E-state index in [0.717, 1.165) is 17.0 Å². The largest absolute Gasteiger partial charge is 0.339 e. The Morgan fingerprint density at radius 2 is 1.59 bits per heavy atom. The van der Waals surface area contributed by atoms with Gasteiger partial charge in [0.1, 0.15) is 6.54 Å². The minimum Gasteiger partial charge on any atom is -0.339 e. The van der Waals surface area contributed by atoms with Gasteiger partial charge < -0.3 is 9.80 Å². The van der Waals surface area contributed by atoms with Crippen LogP contribution in [0.15, 0.2) is 18.2 Å². The van der Waals surface area contributed by atoms with E-state index < -0.39 is 29.2 Å². The molecule has 10 nitrogen and oxygen atoms in total. The summed E-state index contributed by atoms with van der Waals surface area (Å²) in [7, 11) is 0. The van der Waals surface area contributed by atoms with Crippen LogP contribution >= 0.6 is 11.6 Å². The lowest BCUT2D eigenvalue weighted by Gasteiger charge is -2.35. The molecule has 0 aliphatic carbocycles. The molecule has 2 aliphatic rings. The molecule has 2 aliphatic heterocycles. The number of benzene rings is 1. The van der Waals surface area contributed by atoms with Crippen LogP contribution in [0.25, 0.3) is 0 Å². The van der Waals surface area contributed by atoms with Crippen molar-refractivity contribution in [1.82, 2.24) is 14.7 Å². The summed E-state index contributed by atoms with van der Waals surface area (Å²) >= 11 is 5.59. The van der Waals surface area contributed by atoms with Gasteiger partial charge in [0.25, 0.3) is 17.5 Å². The van der Waals surface area contributed by atoms with Crippen molar-refractivity contribution in [2.45, 2.75) is 12.8 Å². The van der Waals surface area contributed by atoms with E-state index in [-0.39, 0.29) is 22.7 Å². The highest BCUT2D eigenvalue weighted by molar-refractivity contribution is 6.22. The van der Waals surface area contributed by atoms with Crippen molar-refractivity contribution in [1.29, 1.82) is 0 Å². The molecule has 29 heavy (non-hydrogen) atoms. The van der Waals surface area contributed by atoms with Crippen LogP contribution in [-0.4, -0.2) is 81.9 Å². The predicted molar refractivity (Wildman–Crippen MR) is 102 cm³/mol. The summed E-state index contributed by atoms with van der Waals surface area (Å²) in [6.07, 6.45) is 0.954. The Labute approximate surface area is 171 Å². The second-order valence-corrected chi connectivity index (χ2v) is 7.12. The minimum absolute atomic E-state index is 0.0142. The molecular weight excluding hydrogens is 404 g/mol. The molecule has 0 N–H and O–H groups in total. The minimum atomic E-state index is -0.725. The Morgan fingerprint density at radius 3 is 2.17 bits per heavy atom. The Kier molecular flexibility index (Phi) is 6.12. The number of piperazine rings is 1. The summed E-state index contributed by atoms with van der Waals surface area (Å²) in [5.74, 6) is -1.39.